The van der Waals surface area contributed by atoms with E-state index in [1.165, 1.54) is 0 Å². The molecule has 0 radical (unpaired) electrons. The van der Waals surface area contributed by atoms with Crippen LogP contribution in [0.25, 0.3) is 0 Å². The van der Waals surface area contributed by atoms with Crippen molar-refractivity contribution in [2.45, 2.75) is 19.3 Å². The number of likely N-dealkylation sites (tertiary alicyclic amines) is 1. The number of ether oxygens (including phenoxy) is 2. The third-order valence-electron chi connectivity index (χ3n) is 3.16. The van der Waals surface area contributed by atoms with Crippen LogP contribution in [0.15, 0.2) is 0 Å². The third-order valence-corrected chi connectivity index (χ3v) is 3.16. The van der Waals surface area contributed by atoms with E-state index in [0.717, 1.165) is 45.5 Å². The first kappa shape index (κ1) is 13.9. The molecular weight excluding hydrogens is 206 g/mol. The summed E-state index contributed by atoms with van der Waals surface area (Å²) in [5.74, 6) is 0.536. The number of aliphatic hydroxyl groups excluding tert-OH is 1. The highest BCUT2D eigenvalue weighted by Gasteiger charge is 2.17. The SMILES string of the molecule is COCCOCCCN1CCC(CO)CC1. The molecule has 0 aromatic carbocycles. The number of aliphatic hydroxyl groups is 1. The summed E-state index contributed by atoms with van der Waals surface area (Å²) in [5, 5.41) is 9.02. The van der Waals surface area contributed by atoms with Crippen LogP contribution in [-0.4, -0.2) is 63.2 Å². The Labute approximate surface area is 98.5 Å². The Hall–Kier alpha value is -0.160. The zero-order valence-electron chi connectivity index (χ0n) is 10.4. The Morgan fingerprint density at radius 1 is 1.19 bits per heavy atom. The molecule has 0 aromatic rings. The molecule has 0 bridgehead atoms. The molecule has 1 heterocycles. The van der Waals surface area contributed by atoms with Gasteiger partial charge < -0.3 is 19.5 Å². The summed E-state index contributed by atoms with van der Waals surface area (Å²) in [6.07, 6.45) is 3.37. The summed E-state index contributed by atoms with van der Waals surface area (Å²) in [6.45, 7) is 5.93. The molecule has 1 aliphatic rings. The van der Waals surface area contributed by atoms with Crippen molar-refractivity contribution in [3.05, 3.63) is 0 Å². The lowest BCUT2D eigenvalue weighted by atomic mass is 9.98. The number of nitrogens with zero attached hydrogens (tertiary/aromatic N) is 1. The number of hydrogen-bond donors (Lipinski definition) is 1. The Kier molecular flexibility index (Phi) is 7.76. The average Bonchev–Trinajstić information content (AvgIpc) is 2.34. The molecule has 0 spiro atoms. The summed E-state index contributed by atoms with van der Waals surface area (Å²) in [7, 11) is 1.69. The molecule has 0 amide bonds. The minimum absolute atomic E-state index is 0.355. The molecule has 0 unspecified atom stereocenters. The van der Waals surface area contributed by atoms with Gasteiger partial charge in [-0.2, -0.15) is 0 Å². The maximum atomic E-state index is 9.02. The van der Waals surface area contributed by atoms with E-state index in [1.54, 1.807) is 7.11 Å². The van der Waals surface area contributed by atoms with Crippen molar-refractivity contribution in [3.63, 3.8) is 0 Å². The Bertz CT molecular complexity index is 158. The molecule has 4 nitrogen and oxygen atoms in total. The summed E-state index contributed by atoms with van der Waals surface area (Å²) in [5.41, 5.74) is 0. The monoisotopic (exact) mass is 231 g/mol. The maximum absolute atomic E-state index is 9.02. The molecule has 1 fully saturated rings. The number of hydrogen-bond acceptors (Lipinski definition) is 4. The van der Waals surface area contributed by atoms with Crippen molar-refractivity contribution < 1.29 is 14.6 Å². The summed E-state index contributed by atoms with van der Waals surface area (Å²) in [4.78, 5) is 2.46. The third kappa shape index (κ3) is 5.80. The van der Waals surface area contributed by atoms with Gasteiger partial charge in [0.2, 0.25) is 0 Å². The van der Waals surface area contributed by atoms with E-state index in [0.29, 0.717) is 25.7 Å². The highest BCUT2D eigenvalue weighted by Crippen LogP contribution is 2.16. The summed E-state index contributed by atoms with van der Waals surface area (Å²) in [6, 6.07) is 0. The van der Waals surface area contributed by atoms with Gasteiger partial charge in [0.05, 0.1) is 13.2 Å². The molecule has 0 atom stereocenters. The van der Waals surface area contributed by atoms with Gasteiger partial charge in [-0.15, -0.1) is 0 Å². The Morgan fingerprint density at radius 3 is 2.56 bits per heavy atom. The topological polar surface area (TPSA) is 41.9 Å². The molecule has 0 aromatic heterocycles. The molecular formula is C12H25NO3. The smallest absolute Gasteiger partial charge is 0.0700 e. The predicted molar refractivity (Wildman–Crippen MR) is 63.6 cm³/mol. The van der Waals surface area contributed by atoms with Crippen LogP contribution < -0.4 is 0 Å². The van der Waals surface area contributed by atoms with Crippen molar-refractivity contribution in [1.29, 1.82) is 0 Å². The van der Waals surface area contributed by atoms with Crippen molar-refractivity contribution in [2.75, 3.05) is 53.2 Å². The highest BCUT2D eigenvalue weighted by molar-refractivity contribution is 4.71. The summed E-state index contributed by atoms with van der Waals surface area (Å²) >= 11 is 0. The van der Waals surface area contributed by atoms with Crippen LogP contribution in [0.1, 0.15) is 19.3 Å². The fourth-order valence-electron chi connectivity index (χ4n) is 2.03. The second-order valence-corrected chi connectivity index (χ2v) is 4.43. The van der Waals surface area contributed by atoms with Gasteiger partial charge in [-0.25, -0.2) is 0 Å². The lowest BCUT2D eigenvalue weighted by Crippen LogP contribution is -2.35. The molecule has 0 saturated carbocycles. The van der Waals surface area contributed by atoms with Gasteiger partial charge in [0.1, 0.15) is 0 Å². The minimum Gasteiger partial charge on any atom is -0.396 e. The normalized spacial score (nSPS) is 19.1. The number of methoxy groups -OCH3 is 1. The van der Waals surface area contributed by atoms with Crippen LogP contribution in [0.3, 0.4) is 0 Å². The average molecular weight is 231 g/mol. The van der Waals surface area contributed by atoms with Crippen molar-refractivity contribution in [1.82, 2.24) is 4.90 Å². The van der Waals surface area contributed by atoms with E-state index in [-0.39, 0.29) is 0 Å². The molecule has 1 saturated heterocycles. The highest BCUT2D eigenvalue weighted by atomic mass is 16.5. The second kappa shape index (κ2) is 8.93. The molecule has 1 rings (SSSR count). The van der Waals surface area contributed by atoms with E-state index >= 15 is 0 Å². The van der Waals surface area contributed by atoms with Crippen LogP contribution in [-0.2, 0) is 9.47 Å². The molecule has 4 heteroatoms. The van der Waals surface area contributed by atoms with E-state index < -0.39 is 0 Å². The zero-order chi connectivity index (χ0) is 11.6. The van der Waals surface area contributed by atoms with E-state index in [9.17, 15) is 0 Å². The van der Waals surface area contributed by atoms with Gasteiger partial charge in [-0.3, -0.25) is 0 Å². The van der Waals surface area contributed by atoms with Crippen LogP contribution >= 0.6 is 0 Å². The van der Waals surface area contributed by atoms with Crippen molar-refractivity contribution in [2.24, 2.45) is 5.92 Å². The first-order valence-corrected chi connectivity index (χ1v) is 6.26. The van der Waals surface area contributed by atoms with Gasteiger partial charge in [-0.05, 0) is 38.3 Å². The Morgan fingerprint density at radius 2 is 1.94 bits per heavy atom. The molecule has 1 aliphatic heterocycles. The van der Waals surface area contributed by atoms with Gasteiger partial charge in [0.25, 0.3) is 0 Å². The predicted octanol–water partition coefficient (Wildman–Crippen LogP) is 0.744. The van der Waals surface area contributed by atoms with Crippen LogP contribution in [0.5, 0.6) is 0 Å². The molecule has 16 heavy (non-hydrogen) atoms. The largest absolute Gasteiger partial charge is 0.396 e. The number of rotatable bonds is 8. The number of piperidine rings is 1. The van der Waals surface area contributed by atoms with E-state index in [1.807, 2.05) is 0 Å². The first-order valence-electron chi connectivity index (χ1n) is 6.26. The maximum Gasteiger partial charge on any atom is 0.0700 e. The van der Waals surface area contributed by atoms with Gasteiger partial charge >= 0.3 is 0 Å². The zero-order valence-corrected chi connectivity index (χ0v) is 10.4. The van der Waals surface area contributed by atoms with Crippen LogP contribution in [0.2, 0.25) is 0 Å². The quantitative estimate of drug-likeness (QED) is 0.626. The Balaban J connectivity index is 1.90. The van der Waals surface area contributed by atoms with Crippen molar-refractivity contribution >= 4 is 0 Å². The lowest BCUT2D eigenvalue weighted by molar-refractivity contribution is 0.0615. The fourth-order valence-corrected chi connectivity index (χ4v) is 2.03. The van der Waals surface area contributed by atoms with Gasteiger partial charge in [0, 0.05) is 26.9 Å². The van der Waals surface area contributed by atoms with Gasteiger partial charge in [-0.1, -0.05) is 0 Å². The standard InChI is InChI=1S/C12H25NO3/c1-15-9-10-16-8-2-5-13-6-3-12(11-14)4-7-13/h12,14H,2-11H2,1H3. The van der Waals surface area contributed by atoms with Crippen LogP contribution in [0.4, 0.5) is 0 Å². The van der Waals surface area contributed by atoms with Crippen molar-refractivity contribution in [3.8, 4) is 0 Å². The summed E-state index contributed by atoms with van der Waals surface area (Å²) < 4.78 is 10.3. The first-order chi connectivity index (χ1) is 7.86. The van der Waals surface area contributed by atoms with E-state index in [2.05, 4.69) is 4.90 Å². The molecule has 1 N–H and O–H groups in total. The molecule has 0 aliphatic carbocycles. The molecule has 96 valence electrons. The van der Waals surface area contributed by atoms with Gasteiger partial charge in [0.15, 0.2) is 0 Å². The minimum atomic E-state index is 0.355. The van der Waals surface area contributed by atoms with E-state index in [4.69, 9.17) is 14.6 Å². The second-order valence-electron chi connectivity index (χ2n) is 4.43. The lowest BCUT2D eigenvalue weighted by Gasteiger charge is -2.30. The fraction of sp³-hybridized carbons (Fsp3) is 1.00. The van der Waals surface area contributed by atoms with Crippen LogP contribution in [0, 0.1) is 5.92 Å².